The van der Waals surface area contributed by atoms with Gasteiger partial charge >= 0.3 is 0 Å². The van der Waals surface area contributed by atoms with E-state index in [0.29, 0.717) is 6.54 Å². The Balaban J connectivity index is 2.62. The second-order valence-corrected chi connectivity index (χ2v) is 2.58. The number of nitrogens with zero attached hydrogens (tertiary/aromatic N) is 1. The summed E-state index contributed by atoms with van der Waals surface area (Å²) in [6.45, 7) is 2.32. The minimum atomic E-state index is -0.167. The van der Waals surface area contributed by atoms with Crippen LogP contribution in [-0.2, 0) is 4.79 Å². The van der Waals surface area contributed by atoms with Crippen molar-refractivity contribution in [3.05, 3.63) is 0 Å². The van der Waals surface area contributed by atoms with Crippen LogP contribution in [0.1, 0.15) is 6.92 Å². The molecular weight excluding hydrogens is 130 g/mol. The van der Waals surface area contributed by atoms with Crippen LogP contribution in [0.2, 0.25) is 0 Å². The number of carbonyl (C=O) groups excluding carboxylic acids is 1. The first kappa shape index (κ1) is 7.50. The standard InChI is InChI=1S/C6H13N3O/c1-4-8-5(3-7)6(10)9(4)2/h4-5,8H,3,7H2,1-2H3. The molecule has 2 unspecified atom stereocenters. The summed E-state index contributed by atoms with van der Waals surface area (Å²) >= 11 is 0. The van der Waals surface area contributed by atoms with Crippen LogP contribution < -0.4 is 11.1 Å². The van der Waals surface area contributed by atoms with Crippen molar-refractivity contribution >= 4 is 5.91 Å². The van der Waals surface area contributed by atoms with Gasteiger partial charge in [0.05, 0.1) is 6.17 Å². The lowest BCUT2D eigenvalue weighted by atomic mass is 10.3. The van der Waals surface area contributed by atoms with Gasteiger partial charge in [0.2, 0.25) is 5.91 Å². The topological polar surface area (TPSA) is 58.4 Å². The number of carbonyl (C=O) groups is 1. The zero-order valence-corrected chi connectivity index (χ0v) is 6.29. The molecule has 0 aromatic heterocycles. The van der Waals surface area contributed by atoms with E-state index in [1.807, 2.05) is 6.92 Å². The van der Waals surface area contributed by atoms with Gasteiger partial charge in [-0.3, -0.25) is 10.1 Å². The molecule has 0 aromatic carbocycles. The molecule has 1 aliphatic heterocycles. The lowest BCUT2D eigenvalue weighted by Crippen LogP contribution is -2.37. The minimum Gasteiger partial charge on any atom is -0.329 e. The Labute approximate surface area is 60.4 Å². The molecule has 2 atom stereocenters. The van der Waals surface area contributed by atoms with E-state index < -0.39 is 0 Å². The van der Waals surface area contributed by atoms with E-state index >= 15 is 0 Å². The highest BCUT2D eigenvalue weighted by molar-refractivity contribution is 5.84. The summed E-state index contributed by atoms with van der Waals surface area (Å²) in [6.07, 6.45) is 0.126. The van der Waals surface area contributed by atoms with Gasteiger partial charge in [-0.15, -0.1) is 0 Å². The first-order valence-electron chi connectivity index (χ1n) is 3.39. The number of rotatable bonds is 1. The van der Waals surface area contributed by atoms with Crippen LogP contribution in [0.15, 0.2) is 0 Å². The Bertz CT molecular complexity index is 148. The van der Waals surface area contributed by atoms with Crippen LogP contribution in [0, 0.1) is 0 Å². The Morgan fingerprint density at radius 1 is 1.80 bits per heavy atom. The molecule has 10 heavy (non-hydrogen) atoms. The maximum Gasteiger partial charge on any atom is 0.242 e. The van der Waals surface area contributed by atoms with Gasteiger partial charge in [0.25, 0.3) is 0 Å². The normalized spacial score (nSPS) is 33.5. The molecule has 0 bridgehead atoms. The third-order valence-electron chi connectivity index (χ3n) is 1.90. The molecule has 1 saturated heterocycles. The average Bonchev–Trinajstić information content (AvgIpc) is 2.17. The molecule has 0 aromatic rings. The second-order valence-electron chi connectivity index (χ2n) is 2.58. The molecule has 0 aliphatic carbocycles. The van der Waals surface area contributed by atoms with Crippen molar-refractivity contribution in [3.8, 4) is 0 Å². The summed E-state index contributed by atoms with van der Waals surface area (Å²) < 4.78 is 0. The van der Waals surface area contributed by atoms with Gasteiger partial charge in [-0.25, -0.2) is 0 Å². The fourth-order valence-corrected chi connectivity index (χ4v) is 1.08. The highest BCUT2D eigenvalue weighted by Crippen LogP contribution is 2.05. The molecule has 1 rings (SSSR count). The van der Waals surface area contributed by atoms with Gasteiger partial charge in [-0.1, -0.05) is 0 Å². The van der Waals surface area contributed by atoms with Gasteiger partial charge in [0, 0.05) is 13.6 Å². The number of hydrogen-bond donors (Lipinski definition) is 2. The largest absolute Gasteiger partial charge is 0.329 e. The van der Waals surface area contributed by atoms with Crippen molar-refractivity contribution in [1.82, 2.24) is 10.2 Å². The number of amides is 1. The number of likely N-dealkylation sites (N-methyl/N-ethyl adjacent to an activating group) is 1. The molecule has 0 saturated carbocycles. The first-order valence-corrected chi connectivity index (χ1v) is 3.39. The fourth-order valence-electron chi connectivity index (χ4n) is 1.08. The summed E-state index contributed by atoms with van der Waals surface area (Å²) in [7, 11) is 1.77. The van der Waals surface area contributed by atoms with E-state index in [1.54, 1.807) is 11.9 Å². The van der Waals surface area contributed by atoms with E-state index in [-0.39, 0.29) is 18.1 Å². The van der Waals surface area contributed by atoms with Crippen molar-refractivity contribution in [3.63, 3.8) is 0 Å². The van der Waals surface area contributed by atoms with Crippen LogP contribution >= 0.6 is 0 Å². The average molecular weight is 143 g/mol. The lowest BCUT2D eigenvalue weighted by molar-refractivity contribution is -0.128. The lowest BCUT2D eigenvalue weighted by Gasteiger charge is -2.12. The second kappa shape index (κ2) is 2.56. The molecule has 58 valence electrons. The van der Waals surface area contributed by atoms with Crippen LogP contribution in [0.25, 0.3) is 0 Å². The predicted octanol–water partition coefficient (Wildman–Crippen LogP) is -1.28. The van der Waals surface area contributed by atoms with E-state index in [4.69, 9.17) is 5.73 Å². The van der Waals surface area contributed by atoms with E-state index in [9.17, 15) is 4.79 Å². The third-order valence-corrected chi connectivity index (χ3v) is 1.90. The van der Waals surface area contributed by atoms with E-state index in [1.165, 1.54) is 0 Å². The highest BCUT2D eigenvalue weighted by Gasteiger charge is 2.32. The zero-order chi connectivity index (χ0) is 7.72. The van der Waals surface area contributed by atoms with E-state index in [0.717, 1.165) is 0 Å². The molecule has 4 heteroatoms. The predicted molar refractivity (Wildman–Crippen MR) is 38.2 cm³/mol. The smallest absolute Gasteiger partial charge is 0.242 e. The molecule has 1 aliphatic rings. The van der Waals surface area contributed by atoms with Crippen LogP contribution in [0.3, 0.4) is 0 Å². The van der Waals surface area contributed by atoms with Gasteiger partial charge < -0.3 is 10.6 Å². The van der Waals surface area contributed by atoms with Crippen molar-refractivity contribution in [2.45, 2.75) is 19.1 Å². The summed E-state index contributed by atoms with van der Waals surface area (Å²) in [5, 5.41) is 3.05. The van der Waals surface area contributed by atoms with Crippen LogP contribution in [0.5, 0.6) is 0 Å². The summed E-state index contributed by atoms with van der Waals surface area (Å²) in [6, 6.07) is -0.167. The Hall–Kier alpha value is -0.610. The number of hydrogen-bond acceptors (Lipinski definition) is 3. The third kappa shape index (κ3) is 0.998. The molecule has 0 spiro atoms. The molecular formula is C6H13N3O. The van der Waals surface area contributed by atoms with Crippen LogP contribution in [-0.4, -0.2) is 36.6 Å². The maximum atomic E-state index is 11.1. The van der Waals surface area contributed by atoms with Gasteiger partial charge in [-0.2, -0.15) is 0 Å². The SMILES string of the molecule is CC1NC(CN)C(=O)N1C. The van der Waals surface area contributed by atoms with Gasteiger partial charge in [0.1, 0.15) is 6.04 Å². The fraction of sp³-hybridized carbons (Fsp3) is 0.833. The summed E-state index contributed by atoms with van der Waals surface area (Å²) in [5.41, 5.74) is 5.34. The molecule has 4 nitrogen and oxygen atoms in total. The van der Waals surface area contributed by atoms with E-state index in [2.05, 4.69) is 5.32 Å². The van der Waals surface area contributed by atoms with Crippen molar-refractivity contribution in [2.75, 3.05) is 13.6 Å². The molecule has 0 radical (unpaired) electrons. The van der Waals surface area contributed by atoms with Gasteiger partial charge in [0.15, 0.2) is 0 Å². The molecule has 3 N–H and O–H groups in total. The quantitative estimate of drug-likeness (QED) is 0.481. The molecule has 1 amide bonds. The number of nitrogens with two attached hydrogens (primary N) is 1. The maximum absolute atomic E-state index is 11.1. The highest BCUT2D eigenvalue weighted by atomic mass is 16.2. The molecule has 1 fully saturated rings. The van der Waals surface area contributed by atoms with Crippen molar-refractivity contribution in [1.29, 1.82) is 0 Å². The Morgan fingerprint density at radius 3 is 2.60 bits per heavy atom. The Kier molecular flexibility index (Phi) is 1.92. The first-order chi connectivity index (χ1) is 4.66. The number of nitrogens with one attached hydrogen (secondary N) is 1. The summed E-state index contributed by atoms with van der Waals surface area (Å²) in [4.78, 5) is 12.8. The van der Waals surface area contributed by atoms with Crippen LogP contribution in [0.4, 0.5) is 0 Å². The summed E-state index contributed by atoms with van der Waals surface area (Å²) in [5.74, 6) is 0.0926. The minimum absolute atomic E-state index is 0.0926. The Morgan fingerprint density at radius 2 is 2.40 bits per heavy atom. The van der Waals surface area contributed by atoms with Crippen molar-refractivity contribution < 1.29 is 4.79 Å². The molecule has 1 heterocycles. The zero-order valence-electron chi connectivity index (χ0n) is 6.29. The monoisotopic (exact) mass is 143 g/mol. The van der Waals surface area contributed by atoms with Crippen molar-refractivity contribution in [2.24, 2.45) is 5.73 Å². The van der Waals surface area contributed by atoms with Gasteiger partial charge in [-0.05, 0) is 6.92 Å².